The SMILES string of the molecule is NCc1cccc(Oc2cc(F)cc(Cc3ccc(I)cc3F)c2C(N)=O)c1. The smallest absolute Gasteiger partial charge is 0.252 e. The Kier molecular flexibility index (Phi) is 6.25. The van der Waals surface area contributed by atoms with Gasteiger partial charge < -0.3 is 16.2 Å². The summed E-state index contributed by atoms with van der Waals surface area (Å²) in [6, 6.07) is 13.9. The van der Waals surface area contributed by atoms with Crippen LogP contribution in [-0.4, -0.2) is 5.91 Å². The molecule has 0 saturated heterocycles. The molecular weight excluding hydrogens is 477 g/mol. The molecule has 3 rings (SSSR count). The van der Waals surface area contributed by atoms with Gasteiger partial charge in [0.05, 0.1) is 5.56 Å². The second kappa shape index (κ2) is 8.66. The molecule has 0 aliphatic carbocycles. The molecule has 1 amide bonds. The fourth-order valence-corrected chi connectivity index (χ4v) is 3.32. The number of ether oxygens (including phenoxy) is 1. The Morgan fingerprint density at radius 2 is 1.82 bits per heavy atom. The van der Waals surface area contributed by atoms with Crippen molar-refractivity contribution < 1.29 is 18.3 Å². The van der Waals surface area contributed by atoms with Crippen molar-refractivity contribution in [2.45, 2.75) is 13.0 Å². The third kappa shape index (κ3) is 4.66. The highest BCUT2D eigenvalue weighted by Gasteiger charge is 2.19. The molecule has 0 saturated carbocycles. The normalized spacial score (nSPS) is 10.7. The Bertz CT molecular complexity index is 1040. The molecule has 0 aliphatic rings. The predicted molar refractivity (Wildman–Crippen MR) is 111 cm³/mol. The number of halogens is 3. The number of primary amides is 1. The van der Waals surface area contributed by atoms with Crippen LogP contribution in [0.1, 0.15) is 27.0 Å². The van der Waals surface area contributed by atoms with Crippen LogP contribution in [-0.2, 0) is 13.0 Å². The molecule has 3 aromatic carbocycles. The number of rotatable bonds is 6. The lowest BCUT2D eigenvalue weighted by atomic mass is 9.98. The lowest BCUT2D eigenvalue weighted by Gasteiger charge is -2.15. The summed E-state index contributed by atoms with van der Waals surface area (Å²) < 4.78 is 34.9. The molecule has 28 heavy (non-hydrogen) atoms. The minimum atomic E-state index is -0.786. The Morgan fingerprint density at radius 1 is 1.04 bits per heavy atom. The lowest BCUT2D eigenvalue weighted by molar-refractivity contribution is 0.0997. The highest BCUT2D eigenvalue weighted by Crippen LogP contribution is 2.31. The molecule has 0 aliphatic heterocycles. The molecule has 3 aromatic rings. The summed E-state index contributed by atoms with van der Waals surface area (Å²) in [5.74, 6) is -1.48. The van der Waals surface area contributed by atoms with Crippen molar-refractivity contribution in [1.82, 2.24) is 0 Å². The maximum Gasteiger partial charge on any atom is 0.252 e. The van der Waals surface area contributed by atoms with E-state index < -0.39 is 17.5 Å². The number of amides is 1. The van der Waals surface area contributed by atoms with Crippen molar-refractivity contribution >= 4 is 28.5 Å². The van der Waals surface area contributed by atoms with E-state index in [2.05, 4.69) is 0 Å². The molecule has 0 aromatic heterocycles. The van der Waals surface area contributed by atoms with Gasteiger partial charge in [0, 0.05) is 22.6 Å². The third-order valence-electron chi connectivity index (χ3n) is 4.15. The minimum absolute atomic E-state index is 0.00200. The molecule has 0 radical (unpaired) electrons. The number of hydrogen-bond donors (Lipinski definition) is 2. The van der Waals surface area contributed by atoms with E-state index in [0.29, 0.717) is 17.9 Å². The van der Waals surface area contributed by atoms with Crippen molar-refractivity contribution in [3.8, 4) is 11.5 Å². The van der Waals surface area contributed by atoms with Gasteiger partial charge in [-0.2, -0.15) is 0 Å². The molecule has 4 nitrogen and oxygen atoms in total. The molecular formula is C21H17F2IN2O2. The quantitative estimate of drug-likeness (QED) is 0.496. The topological polar surface area (TPSA) is 78.3 Å². The van der Waals surface area contributed by atoms with Crippen molar-refractivity contribution in [3.63, 3.8) is 0 Å². The van der Waals surface area contributed by atoms with Crippen LogP contribution in [0.15, 0.2) is 54.6 Å². The number of carbonyl (C=O) groups excluding carboxylic acids is 1. The summed E-state index contributed by atoms with van der Waals surface area (Å²) >= 11 is 2.00. The molecule has 144 valence electrons. The Morgan fingerprint density at radius 3 is 2.50 bits per heavy atom. The van der Waals surface area contributed by atoms with E-state index in [1.807, 2.05) is 28.7 Å². The zero-order chi connectivity index (χ0) is 20.3. The van der Waals surface area contributed by atoms with Gasteiger partial charge in [-0.25, -0.2) is 8.78 Å². The lowest BCUT2D eigenvalue weighted by Crippen LogP contribution is -2.16. The van der Waals surface area contributed by atoms with Crippen LogP contribution in [0.5, 0.6) is 11.5 Å². The van der Waals surface area contributed by atoms with Crippen LogP contribution < -0.4 is 16.2 Å². The third-order valence-corrected chi connectivity index (χ3v) is 4.82. The zero-order valence-corrected chi connectivity index (χ0v) is 16.9. The Balaban J connectivity index is 2.04. The van der Waals surface area contributed by atoms with Crippen LogP contribution in [0.2, 0.25) is 0 Å². The van der Waals surface area contributed by atoms with E-state index in [0.717, 1.165) is 15.2 Å². The summed E-state index contributed by atoms with van der Waals surface area (Å²) in [6.07, 6.45) is -0.00200. The average Bonchev–Trinajstić information content (AvgIpc) is 2.63. The number of hydrogen-bond acceptors (Lipinski definition) is 3. The maximum atomic E-state index is 14.2. The first-order valence-electron chi connectivity index (χ1n) is 8.40. The van der Waals surface area contributed by atoms with Gasteiger partial charge >= 0.3 is 0 Å². The fourth-order valence-electron chi connectivity index (χ4n) is 2.87. The zero-order valence-electron chi connectivity index (χ0n) is 14.7. The van der Waals surface area contributed by atoms with Gasteiger partial charge in [0.1, 0.15) is 23.1 Å². The van der Waals surface area contributed by atoms with Gasteiger partial charge in [0.2, 0.25) is 0 Å². The molecule has 0 unspecified atom stereocenters. The van der Waals surface area contributed by atoms with Crippen LogP contribution >= 0.6 is 22.6 Å². The first-order valence-corrected chi connectivity index (χ1v) is 9.48. The van der Waals surface area contributed by atoms with Crippen molar-refractivity contribution in [1.29, 1.82) is 0 Å². The molecule has 0 spiro atoms. The molecule has 4 N–H and O–H groups in total. The number of nitrogens with two attached hydrogens (primary N) is 2. The molecule has 0 bridgehead atoms. The van der Waals surface area contributed by atoms with Gasteiger partial charge in [0.15, 0.2) is 0 Å². The molecule has 7 heteroatoms. The Hall–Kier alpha value is -2.52. The van der Waals surface area contributed by atoms with Crippen molar-refractivity contribution in [2.24, 2.45) is 11.5 Å². The van der Waals surface area contributed by atoms with E-state index in [9.17, 15) is 13.6 Å². The molecule has 0 atom stereocenters. The first kappa shape index (κ1) is 20.2. The van der Waals surface area contributed by atoms with E-state index in [4.69, 9.17) is 16.2 Å². The summed E-state index contributed by atoms with van der Waals surface area (Å²) in [7, 11) is 0. The van der Waals surface area contributed by atoms with E-state index in [1.165, 1.54) is 12.1 Å². The summed E-state index contributed by atoms with van der Waals surface area (Å²) in [4.78, 5) is 12.1. The highest BCUT2D eigenvalue weighted by atomic mass is 127. The maximum absolute atomic E-state index is 14.2. The van der Waals surface area contributed by atoms with E-state index >= 15 is 0 Å². The summed E-state index contributed by atoms with van der Waals surface area (Å²) in [5.41, 5.74) is 12.6. The van der Waals surface area contributed by atoms with E-state index in [-0.39, 0.29) is 23.3 Å². The van der Waals surface area contributed by atoms with Gasteiger partial charge in [-0.15, -0.1) is 0 Å². The first-order chi connectivity index (χ1) is 13.4. The van der Waals surface area contributed by atoms with Gasteiger partial charge in [0.25, 0.3) is 5.91 Å². The highest BCUT2D eigenvalue weighted by molar-refractivity contribution is 14.1. The van der Waals surface area contributed by atoms with Crippen LogP contribution in [0.3, 0.4) is 0 Å². The van der Waals surface area contributed by atoms with Gasteiger partial charge in [-0.1, -0.05) is 18.2 Å². The van der Waals surface area contributed by atoms with E-state index in [1.54, 1.807) is 30.3 Å². The average molecular weight is 494 g/mol. The molecule has 0 fully saturated rings. The van der Waals surface area contributed by atoms with Crippen LogP contribution in [0.4, 0.5) is 8.78 Å². The van der Waals surface area contributed by atoms with Crippen LogP contribution in [0, 0.1) is 15.2 Å². The second-order valence-corrected chi connectivity index (χ2v) is 7.41. The van der Waals surface area contributed by atoms with Gasteiger partial charge in [-0.05, 0) is 69.6 Å². The fraction of sp³-hybridized carbons (Fsp3) is 0.0952. The Labute approximate surface area is 174 Å². The van der Waals surface area contributed by atoms with Crippen molar-refractivity contribution in [2.75, 3.05) is 0 Å². The number of benzene rings is 3. The minimum Gasteiger partial charge on any atom is -0.456 e. The standard InChI is InChI=1S/C21H17F2IN2O2/c22-15-8-14(7-13-4-5-16(24)10-18(13)23)20(21(26)27)19(9-15)28-17-3-1-2-12(6-17)11-25/h1-6,8-10H,7,11,25H2,(H2,26,27). The monoisotopic (exact) mass is 494 g/mol. The largest absolute Gasteiger partial charge is 0.456 e. The predicted octanol–water partition coefficient (Wildman–Crippen LogP) is 4.51. The number of carbonyl (C=O) groups is 1. The van der Waals surface area contributed by atoms with Crippen LogP contribution in [0.25, 0.3) is 0 Å². The van der Waals surface area contributed by atoms with Gasteiger partial charge in [-0.3, -0.25) is 4.79 Å². The summed E-state index contributed by atoms with van der Waals surface area (Å²) in [5, 5.41) is 0. The summed E-state index contributed by atoms with van der Waals surface area (Å²) in [6.45, 7) is 0.306. The van der Waals surface area contributed by atoms with Crippen molar-refractivity contribution in [3.05, 3.63) is 92.1 Å². The molecule has 0 heterocycles. The second-order valence-electron chi connectivity index (χ2n) is 6.17.